The summed E-state index contributed by atoms with van der Waals surface area (Å²) in [6, 6.07) is 19.6. The molecule has 2 fully saturated rings. The summed E-state index contributed by atoms with van der Waals surface area (Å²) in [6.45, 7) is 2.52. The van der Waals surface area contributed by atoms with Crippen LogP contribution in [-0.4, -0.2) is 94.8 Å². The van der Waals surface area contributed by atoms with E-state index in [-0.39, 0.29) is 30.9 Å². The minimum absolute atomic E-state index is 0.0708. The van der Waals surface area contributed by atoms with Crippen LogP contribution in [0.1, 0.15) is 40.7 Å². The molecule has 45 heavy (non-hydrogen) atoms. The fraction of sp³-hybridized carbons (Fsp3) is 0.429. The number of halogens is 1. The minimum Gasteiger partial charge on any atom is -0.493 e. The Balaban J connectivity index is 1.35. The first-order valence-corrected chi connectivity index (χ1v) is 15.2. The molecule has 2 saturated heterocycles. The number of hydrogen-bond donors (Lipinski definition) is 0. The van der Waals surface area contributed by atoms with Crippen molar-refractivity contribution in [3.8, 4) is 17.2 Å². The molecule has 2 heterocycles. The fourth-order valence-electron chi connectivity index (χ4n) is 6.65. The van der Waals surface area contributed by atoms with Gasteiger partial charge in [-0.25, -0.2) is 4.39 Å². The number of benzene rings is 3. The van der Waals surface area contributed by atoms with Gasteiger partial charge in [0.1, 0.15) is 18.1 Å². The second-order valence-corrected chi connectivity index (χ2v) is 11.9. The van der Waals surface area contributed by atoms with Gasteiger partial charge in [-0.05, 0) is 67.7 Å². The van der Waals surface area contributed by atoms with E-state index in [1.165, 1.54) is 33.5 Å². The van der Waals surface area contributed by atoms with Crippen molar-refractivity contribution in [2.24, 2.45) is 0 Å². The van der Waals surface area contributed by atoms with Gasteiger partial charge in [0.15, 0.2) is 11.5 Å². The van der Waals surface area contributed by atoms with Gasteiger partial charge in [-0.1, -0.05) is 42.5 Å². The number of carbonyl (C=O) groups excluding carboxylic acids is 2. The van der Waals surface area contributed by atoms with E-state index in [1.54, 1.807) is 34.1 Å². The highest BCUT2D eigenvalue weighted by atomic mass is 19.1. The molecule has 0 N–H and O–H groups in total. The molecule has 2 aliphatic rings. The molecular formula is C35H42FN3O6. The van der Waals surface area contributed by atoms with Crippen LogP contribution in [0.2, 0.25) is 0 Å². The highest BCUT2D eigenvalue weighted by Gasteiger charge is 2.46. The molecule has 0 aliphatic carbocycles. The number of nitrogens with zero attached hydrogens (tertiary/aromatic N) is 3. The second kappa shape index (κ2) is 13.5. The number of hydrogen-bond acceptors (Lipinski definition) is 7. The van der Waals surface area contributed by atoms with Gasteiger partial charge in [-0.3, -0.25) is 9.59 Å². The Bertz CT molecular complexity index is 1470. The van der Waals surface area contributed by atoms with Crippen molar-refractivity contribution in [1.82, 2.24) is 14.7 Å². The zero-order valence-electron chi connectivity index (χ0n) is 26.7. The SMILES string of the molecule is COc1cc(C(=O)N2CO[C@](CCN3CCC(C(=O)N(C)C)(c4ccccc4)CC3)(c3ccc(F)cc3)C2)cc(OC)c1OC. The lowest BCUT2D eigenvalue weighted by Crippen LogP contribution is -2.52. The number of piperidine rings is 1. The lowest BCUT2D eigenvalue weighted by Gasteiger charge is -2.43. The molecule has 5 rings (SSSR count). The Morgan fingerprint density at radius 3 is 2.07 bits per heavy atom. The van der Waals surface area contributed by atoms with Gasteiger partial charge in [-0.2, -0.15) is 0 Å². The first kappa shape index (κ1) is 32.2. The molecule has 3 aromatic carbocycles. The maximum atomic E-state index is 14.0. The third-order valence-electron chi connectivity index (χ3n) is 9.20. The van der Waals surface area contributed by atoms with Crippen molar-refractivity contribution < 1.29 is 32.9 Å². The summed E-state index contributed by atoms with van der Waals surface area (Å²) in [4.78, 5) is 33.0. The molecule has 2 aliphatic heterocycles. The molecule has 10 heteroatoms. The van der Waals surface area contributed by atoms with E-state index in [4.69, 9.17) is 18.9 Å². The maximum Gasteiger partial charge on any atom is 0.256 e. The Hall–Kier alpha value is -4.15. The van der Waals surface area contributed by atoms with Crippen LogP contribution in [0.4, 0.5) is 4.39 Å². The third-order valence-corrected chi connectivity index (χ3v) is 9.20. The molecule has 0 bridgehead atoms. The van der Waals surface area contributed by atoms with Gasteiger partial charge < -0.3 is 33.6 Å². The molecular weight excluding hydrogens is 577 g/mol. The van der Waals surface area contributed by atoms with Crippen molar-refractivity contribution in [3.63, 3.8) is 0 Å². The highest BCUT2D eigenvalue weighted by Crippen LogP contribution is 2.42. The van der Waals surface area contributed by atoms with Crippen molar-refractivity contribution in [3.05, 3.63) is 89.2 Å². The van der Waals surface area contributed by atoms with Crippen molar-refractivity contribution in [1.29, 1.82) is 0 Å². The predicted octanol–water partition coefficient (Wildman–Crippen LogP) is 4.69. The minimum atomic E-state index is -0.836. The fourth-order valence-corrected chi connectivity index (χ4v) is 6.65. The Morgan fingerprint density at radius 1 is 0.889 bits per heavy atom. The number of likely N-dealkylation sites (tertiary alicyclic amines) is 1. The van der Waals surface area contributed by atoms with E-state index in [0.717, 1.165) is 24.2 Å². The van der Waals surface area contributed by atoms with Crippen LogP contribution in [0.5, 0.6) is 17.2 Å². The first-order chi connectivity index (χ1) is 21.7. The van der Waals surface area contributed by atoms with Crippen LogP contribution >= 0.6 is 0 Å². The van der Waals surface area contributed by atoms with Gasteiger partial charge in [0, 0.05) is 26.2 Å². The van der Waals surface area contributed by atoms with E-state index >= 15 is 0 Å². The van der Waals surface area contributed by atoms with Gasteiger partial charge in [-0.15, -0.1) is 0 Å². The van der Waals surface area contributed by atoms with E-state index in [2.05, 4.69) is 4.90 Å². The number of likely N-dealkylation sites (N-methyl/N-ethyl adjacent to an activating group) is 1. The van der Waals surface area contributed by atoms with Crippen molar-refractivity contribution in [2.75, 3.05) is 68.3 Å². The first-order valence-electron chi connectivity index (χ1n) is 15.2. The number of carbonyl (C=O) groups is 2. The predicted molar refractivity (Wildman–Crippen MR) is 168 cm³/mol. The second-order valence-electron chi connectivity index (χ2n) is 11.9. The molecule has 0 radical (unpaired) electrons. The monoisotopic (exact) mass is 619 g/mol. The molecule has 0 saturated carbocycles. The topological polar surface area (TPSA) is 80.8 Å². The van der Waals surface area contributed by atoms with Crippen molar-refractivity contribution >= 4 is 11.8 Å². The van der Waals surface area contributed by atoms with E-state index in [0.29, 0.717) is 48.6 Å². The molecule has 0 aromatic heterocycles. The average molecular weight is 620 g/mol. The Kier molecular flexibility index (Phi) is 9.65. The van der Waals surface area contributed by atoms with E-state index in [1.807, 2.05) is 44.4 Å². The summed E-state index contributed by atoms with van der Waals surface area (Å²) >= 11 is 0. The maximum absolute atomic E-state index is 14.0. The normalized spacial score (nSPS) is 19.6. The van der Waals surface area contributed by atoms with Crippen LogP contribution in [0, 0.1) is 5.82 Å². The van der Waals surface area contributed by atoms with Gasteiger partial charge in [0.2, 0.25) is 11.7 Å². The summed E-state index contributed by atoms with van der Waals surface area (Å²) in [7, 11) is 8.15. The van der Waals surface area contributed by atoms with Gasteiger partial charge in [0.05, 0.1) is 33.3 Å². The third kappa shape index (κ3) is 6.35. The Labute approximate surface area is 264 Å². The van der Waals surface area contributed by atoms with Gasteiger partial charge >= 0.3 is 0 Å². The summed E-state index contributed by atoms with van der Waals surface area (Å²) in [6.07, 6.45) is 1.98. The molecule has 9 nitrogen and oxygen atoms in total. The zero-order chi connectivity index (χ0) is 32.2. The van der Waals surface area contributed by atoms with Crippen LogP contribution < -0.4 is 14.2 Å². The van der Waals surface area contributed by atoms with Crippen LogP contribution in [0.15, 0.2) is 66.7 Å². The average Bonchev–Trinajstić information content (AvgIpc) is 3.52. The summed E-state index contributed by atoms with van der Waals surface area (Å²) in [5.41, 5.74) is 0.830. The largest absolute Gasteiger partial charge is 0.493 e. The molecule has 3 aromatic rings. The summed E-state index contributed by atoms with van der Waals surface area (Å²) < 4.78 is 36.8. The lowest BCUT2D eigenvalue weighted by atomic mass is 9.71. The summed E-state index contributed by atoms with van der Waals surface area (Å²) in [5.74, 6) is 0.711. The quantitative estimate of drug-likeness (QED) is 0.326. The van der Waals surface area contributed by atoms with Gasteiger partial charge in [0.25, 0.3) is 5.91 Å². The van der Waals surface area contributed by atoms with Crippen molar-refractivity contribution in [2.45, 2.75) is 30.3 Å². The molecule has 0 spiro atoms. The molecule has 240 valence electrons. The highest BCUT2D eigenvalue weighted by molar-refractivity contribution is 5.96. The molecule has 1 atom stereocenters. The standard InChI is InChI=1S/C35H42FN3O6/c1-37(2)33(41)34(26-9-7-6-8-10-26)15-18-38(19-16-34)20-17-35(27-11-13-28(36)14-12-27)23-39(24-45-35)32(40)25-21-29(42-3)31(44-5)30(22-25)43-4/h6-14,21-22H,15-20,23-24H2,1-5H3/t35-/m0/s1. The molecule has 2 amide bonds. The Morgan fingerprint density at radius 2 is 1.51 bits per heavy atom. The number of ether oxygens (including phenoxy) is 4. The van der Waals surface area contributed by atoms with E-state index < -0.39 is 11.0 Å². The smallest absolute Gasteiger partial charge is 0.256 e. The number of methoxy groups -OCH3 is 3. The van der Waals surface area contributed by atoms with Crippen LogP contribution in [-0.2, 0) is 20.5 Å². The zero-order valence-corrected chi connectivity index (χ0v) is 26.7. The summed E-state index contributed by atoms with van der Waals surface area (Å²) in [5, 5.41) is 0. The number of rotatable bonds is 10. The van der Waals surface area contributed by atoms with Crippen LogP contribution in [0.25, 0.3) is 0 Å². The van der Waals surface area contributed by atoms with Crippen LogP contribution in [0.3, 0.4) is 0 Å². The number of amides is 2. The molecule has 0 unspecified atom stereocenters. The lowest BCUT2D eigenvalue weighted by molar-refractivity contribution is -0.137. The van der Waals surface area contributed by atoms with E-state index in [9.17, 15) is 14.0 Å².